The highest BCUT2D eigenvalue weighted by atomic mass is 16.1. The summed E-state index contributed by atoms with van der Waals surface area (Å²) in [5.74, 6) is 0.317. The Morgan fingerprint density at radius 1 is 1.17 bits per heavy atom. The summed E-state index contributed by atoms with van der Waals surface area (Å²) in [6, 6.07) is 10.9. The highest BCUT2D eigenvalue weighted by Crippen LogP contribution is 2.36. The van der Waals surface area contributed by atoms with Crippen molar-refractivity contribution in [3.8, 4) is 0 Å². The van der Waals surface area contributed by atoms with Gasteiger partial charge in [0, 0.05) is 6.04 Å². The quantitative estimate of drug-likeness (QED) is 0.816. The maximum atomic E-state index is 12.2. The summed E-state index contributed by atoms with van der Waals surface area (Å²) in [5, 5.41) is 0. The number of carbonyl (C=O) groups excluding carboxylic acids is 1. The monoisotopic (exact) mass is 245 g/mol. The van der Waals surface area contributed by atoms with E-state index < -0.39 is 0 Å². The third kappa shape index (κ3) is 2.35. The lowest BCUT2D eigenvalue weighted by Crippen LogP contribution is -2.48. The topological polar surface area (TPSA) is 20.3 Å². The number of rotatable bonds is 3. The van der Waals surface area contributed by atoms with E-state index in [1.807, 2.05) is 18.2 Å². The summed E-state index contributed by atoms with van der Waals surface area (Å²) in [7, 11) is 0. The van der Waals surface area contributed by atoms with Gasteiger partial charge >= 0.3 is 0 Å². The number of likely N-dealkylation sites (tertiary alicyclic amines) is 1. The van der Waals surface area contributed by atoms with Gasteiger partial charge in [0.1, 0.15) is 5.78 Å². The second-order valence-corrected chi connectivity index (χ2v) is 5.63. The van der Waals surface area contributed by atoms with Crippen molar-refractivity contribution >= 4 is 5.78 Å². The lowest BCUT2D eigenvalue weighted by molar-refractivity contribution is -0.124. The Morgan fingerprint density at radius 3 is 2.17 bits per heavy atom. The standard InChI is InChI=1S/C16H23NO/c1-13(2)17-11-9-16(10-12-17,14(3)18)15-7-5-4-6-8-15/h4-8,13H,9-12H2,1-3H3. The van der Waals surface area contributed by atoms with Crippen LogP contribution in [0, 0.1) is 0 Å². The Morgan fingerprint density at radius 2 is 1.72 bits per heavy atom. The van der Waals surface area contributed by atoms with Gasteiger partial charge in [-0.25, -0.2) is 0 Å². The number of carbonyl (C=O) groups is 1. The van der Waals surface area contributed by atoms with Gasteiger partial charge in [0.25, 0.3) is 0 Å². The summed E-state index contributed by atoms with van der Waals surface area (Å²) in [5.41, 5.74) is 0.952. The molecule has 0 spiro atoms. The van der Waals surface area contributed by atoms with Gasteiger partial charge in [-0.05, 0) is 52.3 Å². The van der Waals surface area contributed by atoms with Crippen LogP contribution < -0.4 is 0 Å². The molecular weight excluding hydrogens is 222 g/mol. The molecule has 0 saturated carbocycles. The maximum Gasteiger partial charge on any atom is 0.140 e. The van der Waals surface area contributed by atoms with Gasteiger partial charge in [0.2, 0.25) is 0 Å². The summed E-state index contributed by atoms with van der Waals surface area (Å²) in [6.45, 7) is 8.24. The van der Waals surface area contributed by atoms with Crippen LogP contribution in [0.25, 0.3) is 0 Å². The third-order valence-electron chi connectivity index (χ3n) is 4.38. The van der Waals surface area contributed by atoms with Gasteiger partial charge in [0.15, 0.2) is 0 Å². The average Bonchev–Trinajstić information content (AvgIpc) is 2.39. The zero-order valence-electron chi connectivity index (χ0n) is 11.6. The van der Waals surface area contributed by atoms with Crippen LogP contribution in [0.5, 0.6) is 0 Å². The van der Waals surface area contributed by atoms with Crippen LogP contribution in [0.3, 0.4) is 0 Å². The lowest BCUT2D eigenvalue weighted by Gasteiger charge is -2.42. The molecule has 2 nitrogen and oxygen atoms in total. The lowest BCUT2D eigenvalue weighted by atomic mass is 9.70. The molecule has 1 fully saturated rings. The second-order valence-electron chi connectivity index (χ2n) is 5.63. The first-order valence-corrected chi connectivity index (χ1v) is 6.87. The minimum Gasteiger partial charge on any atom is -0.301 e. The second kappa shape index (κ2) is 5.23. The van der Waals surface area contributed by atoms with E-state index >= 15 is 0 Å². The molecule has 0 aromatic heterocycles. The van der Waals surface area contributed by atoms with Crippen molar-refractivity contribution in [1.82, 2.24) is 4.90 Å². The fraction of sp³-hybridized carbons (Fsp3) is 0.562. The minimum absolute atomic E-state index is 0.243. The first kappa shape index (κ1) is 13.3. The van der Waals surface area contributed by atoms with Gasteiger partial charge in [-0.3, -0.25) is 4.79 Å². The zero-order chi connectivity index (χ0) is 13.2. The normalized spacial score (nSPS) is 20.0. The fourth-order valence-electron chi connectivity index (χ4n) is 3.02. The Hall–Kier alpha value is -1.15. The molecule has 0 aliphatic carbocycles. The van der Waals surface area contributed by atoms with E-state index in [1.54, 1.807) is 6.92 Å². The Balaban J connectivity index is 2.24. The Kier molecular flexibility index (Phi) is 3.86. The van der Waals surface area contributed by atoms with Crippen molar-refractivity contribution in [2.75, 3.05) is 13.1 Å². The third-order valence-corrected chi connectivity index (χ3v) is 4.38. The fourth-order valence-corrected chi connectivity index (χ4v) is 3.02. The van der Waals surface area contributed by atoms with E-state index in [-0.39, 0.29) is 5.41 Å². The molecule has 1 aliphatic heterocycles. The molecule has 0 N–H and O–H groups in total. The van der Waals surface area contributed by atoms with E-state index in [2.05, 4.69) is 30.9 Å². The SMILES string of the molecule is CC(=O)C1(c2ccccc2)CCN(C(C)C)CC1. The molecule has 0 radical (unpaired) electrons. The van der Waals surface area contributed by atoms with Crippen LogP contribution in [0.4, 0.5) is 0 Å². The first-order chi connectivity index (χ1) is 8.56. The molecule has 0 bridgehead atoms. The van der Waals surface area contributed by atoms with Crippen molar-refractivity contribution in [2.45, 2.75) is 45.1 Å². The first-order valence-electron chi connectivity index (χ1n) is 6.87. The molecule has 1 aliphatic rings. The molecular formula is C16H23NO. The van der Waals surface area contributed by atoms with Crippen molar-refractivity contribution in [2.24, 2.45) is 0 Å². The van der Waals surface area contributed by atoms with Gasteiger partial charge in [-0.1, -0.05) is 30.3 Å². The average molecular weight is 245 g/mol. The van der Waals surface area contributed by atoms with E-state index in [0.29, 0.717) is 11.8 Å². The number of ketones is 1. The number of benzene rings is 1. The molecule has 1 heterocycles. The molecule has 1 saturated heterocycles. The predicted molar refractivity (Wildman–Crippen MR) is 74.7 cm³/mol. The smallest absolute Gasteiger partial charge is 0.140 e. The molecule has 98 valence electrons. The van der Waals surface area contributed by atoms with Gasteiger partial charge in [0.05, 0.1) is 5.41 Å². The minimum atomic E-state index is -0.243. The van der Waals surface area contributed by atoms with E-state index in [0.717, 1.165) is 25.9 Å². The molecule has 0 atom stereocenters. The van der Waals surface area contributed by atoms with Crippen molar-refractivity contribution in [3.63, 3.8) is 0 Å². The van der Waals surface area contributed by atoms with Crippen LogP contribution in [-0.2, 0) is 10.2 Å². The molecule has 18 heavy (non-hydrogen) atoms. The summed E-state index contributed by atoms with van der Waals surface area (Å²) in [4.78, 5) is 14.6. The highest BCUT2D eigenvalue weighted by molar-refractivity contribution is 5.88. The number of hydrogen-bond acceptors (Lipinski definition) is 2. The number of piperidine rings is 1. The zero-order valence-corrected chi connectivity index (χ0v) is 11.6. The predicted octanol–water partition coefficient (Wildman–Crippen LogP) is 3.02. The van der Waals surface area contributed by atoms with Crippen LogP contribution in [0.1, 0.15) is 39.2 Å². The van der Waals surface area contributed by atoms with Gasteiger partial charge < -0.3 is 4.90 Å². The van der Waals surface area contributed by atoms with E-state index in [4.69, 9.17) is 0 Å². The number of hydrogen-bond donors (Lipinski definition) is 0. The molecule has 2 heteroatoms. The van der Waals surface area contributed by atoms with Crippen LogP contribution >= 0.6 is 0 Å². The molecule has 1 aromatic rings. The van der Waals surface area contributed by atoms with Crippen LogP contribution in [0.15, 0.2) is 30.3 Å². The molecule has 1 aromatic carbocycles. The van der Waals surface area contributed by atoms with E-state index in [9.17, 15) is 4.79 Å². The van der Waals surface area contributed by atoms with Crippen molar-refractivity contribution in [1.29, 1.82) is 0 Å². The van der Waals surface area contributed by atoms with Crippen molar-refractivity contribution in [3.05, 3.63) is 35.9 Å². The van der Waals surface area contributed by atoms with Crippen LogP contribution in [0.2, 0.25) is 0 Å². The highest BCUT2D eigenvalue weighted by Gasteiger charge is 2.40. The maximum absolute atomic E-state index is 12.2. The van der Waals surface area contributed by atoms with Crippen LogP contribution in [-0.4, -0.2) is 29.8 Å². The number of Topliss-reactive ketones (excluding diaryl/α,β-unsaturated/α-hetero) is 1. The summed E-state index contributed by atoms with van der Waals surface area (Å²) in [6.07, 6.45) is 1.90. The summed E-state index contributed by atoms with van der Waals surface area (Å²) >= 11 is 0. The Labute approximate surface area is 110 Å². The number of nitrogens with zero attached hydrogens (tertiary/aromatic N) is 1. The summed E-state index contributed by atoms with van der Waals surface area (Å²) < 4.78 is 0. The molecule has 0 unspecified atom stereocenters. The van der Waals surface area contributed by atoms with E-state index in [1.165, 1.54) is 5.56 Å². The van der Waals surface area contributed by atoms with Gasteiger partial charge in [-0.2, -0.15) is 0 Å². The Bertz CT molecular complexity index is 402. The molecule has 0 amide bonds. The molecule has 2 rings (SSSR count). The van der Waals surface area contributed by atoms with Crippen molar-refractivity contribution < 1.29 is 4.79 Å². The largest absolute Gasteiger partial charge is 0.301 e. The van der Waals surface area contributed by atoms with Gasteiger partial charge in [-0.15, -0.1) is 0 Å².